The lowest BCUT2D eigenvalue weighted by Gasteiger charge is -2.22. The molecule has 3 aromatic rings. The van der Waals surface area contributed by atoms with Crippen molar-refractivity contribution in [3.8, 4) is 0 Å². The number of rotatable bonds is 9. The molecule has 0 atom stereocenters. The van der Waals surface area contributed by atoms with Crippen LogP contribution in [0, 0.1) is 6.92 Å². The topological polar surface area (TPSA) is 38.8 Å². The van der Waals surface area contributed by atoms with Gasteiger partial charge in [0.2, 0.25) is 0 Å². The summed E-state index contributed by atoms with van der Waals surface area (Å²) in [5, 5.41) is 1.16. The molecule has 0 saturated heterocycles. The van der Waals surface area contributed by atoms with E-state index in [2.05, 4.69) is 43.3 Å². The molecule has 0 bridgehead atoms. The van der Waals surface area contributed by atoms with Crippen LogP contribution >= 0.6 is 11.3 Å². The van der Waals surface area contributed by atoms with Gasteiger partial charge >= 0.3 is 0 Å². The number of hydrogen-bond donors (Lipinski definition) is 0. The molecular formula is C23H27NO3S. The second-order valence-corrected chi connectivity index (χ2v) is 7.90. The zero-order valence-electron chi connectivity index (χ0n) is 16.7. The van der Waals surface area contributed by atoms with Crippen LogP contribution in [0.3, 0.4) is 0 Å². The van der Waals surface area contributed by atoms with Crippen LogP contribution in [0.5, 0.6) is 0 Å². The van der Waals surface area contributed by atoms with E-state index in [1.54, 1.807) is 25.6 Å². The van der Waals surface area contributed by atoms with Crippen molar-refractivity contribution in [2.45, 2.75) is 13.3 Å². The summed E-state index contributed by atoms with van der Waals surface area (Å²) in [6, 6.07) is 16.8. The van der Waals surface area contributed by atoms with Crippen molar-refractivity contribution in [2.24, 2.45) is 0 Å². The van der Waals surface area contributed by atoms with Gasteiger partial charge in [-0.1, -0.05) is 48.0 Å². The molecule has 0 fully saturated rings. The summed E-state index contributed by atoms with van der Waals surface area (Å²) in [6.45, 7) is 4.21. The van der Waals surface area contributed by atoms with Crippen molar-refractivity contribution in [3.63, 3.8) is 0 Å². The molecule has 0 unspecified atom stereocenters. The van der Waals surface area contributed by atoms with Crippen LogP contribution in [0.25, 0.3) is 10.1 Å². The average Bonchev–Trinajstić information content (AvgIpc) is 3.08. The molecule has 0 aliphatic rings. The standard InChI is InChI=1S/C23H27NO3S/c1-17-8-10-18(11-9-17)16-20-19-6-4-5-7-21(19)28-22(20)23(25)24(12-14-26-2)13-15-27-3/h4-11H,12-16H2,1-3H3. The van der Waals surface area contributed by atoms with Gasteiger partial charge in [0.25, 0.3) is 5.91 Å². The highest BCUT2D eigenvalue weighted by Crippen LogP contribution is 2.34. The third kappa shape index (κ3) is 4.79. The van der Waals surface area contributed by atoms with Gasteiger partial charge in [0.05, 0.1) is 18.1 Å². The number of carbonyl (C=O) groups is 1. The summed E-state index contributed by atoms with van der Waals surface area (Å²) >= 11 is 1.58. The molecule has 28 heavy (non-hydrogen) atoms. The normalized spacial score (nSPS) is 11.1. The van der Waals surface area contributed by atoms with E-state index in [0.29, 0.717) is 26.3 Å². The molecule has 1 aromatic heterocycles. The van der Waals surface area contributed by atoms with E-state index >= 15 is 0 Å². The first kappa shape index (κ1) is 20.5. The Hall–Kier alpha value is -2.21. The fourth-order valence-corrected chi connectivity index (χ4v) is 4.41. The lowest BCUT2D eigenvalue weighted by molar-refractivity contribution is 0.0631. The Bertz CT molecular complexity index is 909. The van der Waals surface area contributed by atoms with Gasteiger partial charge in [0, 0.05) is 32.0 Å². The second-order valence-electron chi connectivity index (χ2n) is 6.85. The molecule has 0 aliphatic heterocycles. The number of ether oxygens (including phenoxy) is 2. The van der Waals surface area contributed by atoms with Crippen molar-refractivity contribution >= 4 is 27.3 Å². The van der Waals surface area contributed by atoms with E-state index in [1.807, 2.05) is 17.0 Å². The molecular weight excluding hydrogens is 370 g/mol. The average molecular weight is 398 g/mol. The number of benzene rings is 2. The summed E-state index contributed by atoms with van der Waals surface area (Å²) in [7, 11) is 3.31. The molecule has 0 spiro atoms. The molecule has 3 rings (SSSR count). The van der Waals surface area contributed by atoms with E-state index in [0.717, 1.165) is 26.9 Å². The summed E-state index contributed by atoms with van der Waals surface area (Å²) < 4.78 is 11.6. The Morgan fingerprint density at radius 3 is 2.25 bits per heavy atom. The maximum atomic E-state index is 13.4. The van der Waals surface area contributed by atoms with Crippen LogP contribution in [0.4, 0.5) is 0 Å². The molecule has 4 nitrogen and oxygen atoms in total. The van der Waals surface area contributed by atoms with Crippen molar-refractivity contribution < 1.29 is 14.3 Å². The van der Waals surface area contributed by atoms with E-state index < -0.39 is 0 Å². The first-order valence-electron chi connectivity index (χ1n) is 9.47. The quantitative estimate of drug-likeness (QED) is 0.532. The van der Waals surface area contributed by atoms with Crippen molar-refractivity contribution in [1.82, 2.24) is 4.90 Å². The molecule has 0 saturated carbocycles. The minimum atomic E-state index is 0.0532. The van der Waals surface area contributed by atoms with Crippen molar-refractivity contribution in [3.05, 3.63) is 70.1 Å². The van der Waals surface area contributed by atoms with Gasteiger partial charge in [-0.3, -0.25) is 4.79 Å². The first-order chi connectivity index (χ1) is 13.6. The van der Waals surface area contributed by atoms with Gasteiger partial charge in [-0.15, -0.1) is 11.3 Å². The number of methoxy groups -OCH3 is 2. The van der Waals surface area contributed by atoms with Gasteiger partial charge in [0.15, 0.2) is 0 Å². The fourth-order valence-electron chi connectivity index (χ4n) is 3.22. The van der Waals surface area contributed by atoms with Gasteiger partial charge in [0.1, 0.15) is 0 Å². The Morgan fingerprint density at radius 2 is 1.61 bits per heavy atom. The largest absolute Gasteiger partial charge is 0.383 e. The zero-order valence-corrected chi connectivity index (χ0v) is 17.6. The van der Waals surface area contributed by atoms with Crippen molar-refractivity contribution in [1.29, 1.82) is 0 Å². The highest BCUT2D eigenvalue weighted by atomic mass is 32.1. The van der Waals surface area contributed by atoms with Gasteiger partial charge in [-0.05, 0) is 35.9 Å². The Kier molecular flexibility index (Phi) is 7.20. The van der Waals surface area contributed by atoms with E-state index in [4.69, 9.17) is 9.47 Å². The molecule has 1 amide bonds. The van der Waals surface area contributed by atoms with Gasteiger partial charge in [-0.2, -0.15) is 0 Å². The van der Waals surface area contributed by atoms with E-state index in [9.17, 15) is 4.79 Å². The number of amides is 1. The van der Waals surface area contributed by atoms with Crippen LogP contribution in [0.2, 0.25) is 0 Å². The monoisotopic (exact) mass is 397 g/mol. The van der Waals surface area contributed by atoms with E-state index in [-0.39, 0.29) is 5.91 Å². The number of carbonyl (C=O) groups excluding carboxylic acids is 1. The van der Waals surface area contributed by atoms with Crippen molar-refractivity contribution in [2.75, 3.05) is 40.5 Å². The minimum absolute atomic E-state index is 0.0532. The van der Waals surface area contributed by atoms with Crippen LogP contribution in [0.1, 0.15) is 26.4 Å². The molecule has 148 valence electrons. The SMILES string of the molecule is COCCN(CCOC)C(=O)c1sc2ccccc2c1Cc1ccc(C)cc1. The molecule has 0 aliphatic carbocycles. The highest BCUT2D eigenvalue weighted by Gasteiger charge is 2.23. The Labute approximate surface area is 170 Å². The summed E-state index contributed by atoms with van der Waals surface area (Å²) in [4.78, 5) is 16.1. The van der Waals surface area contributed by atoms with Crippen LogP contribution in [0.15, 0.2) is 48.5 Å². The second kappa shape index (κ2) is 9.82. The fraction of sp³-hybridized carbons (Fsp3) is 0.348. The van der Waals surface area contributed by atoms with Crippen LogP contribution in [-0.4, -0.2) is 51.3 Å². The van der Waals surface area contributed by atoms with Crippen LogP contribution in [-0.2, 0) is 15.9 Å². The highest BCUT2D eigenvalue weighted by molar-refractivity contribution is 7.21. The molecule has 0 N–H and O–H groups in total. The summed E-state index contributed by atoms with van der Waals surface area (Å²) in [6.07, 6.45) is 0.744. The van der Waals surface area contributed by atoms with E-state index in [1.165, 1.54) is 11.1 Å². The number of aryl methyl sites for hydroxylation is 1. The predicted octanol–water partition coefficient (Wildman–Crippen LogP) is 4.54. The lowest BCUT2D eigenvalue weighted by Crippen LogP contribution is -2.36. The Balaban J connectivity index is 1.98. The maximum Gasteiger partial charge on any atom is 0.264 e. The molecule has 1 heterocycles. The first-order valence-corrected chi connectivity index (χ1v) is 10.3. The smallest absolute Gasteiger partial charge is 0.264 e. The number of thiophene rings is 1. The third-order valence-electron chi connectivity index (χ3n) is 4.81. The summed E-state index contributed by atoms with van der Waals surface area (Å²) in [5.74, 6) is 0.0532. The maximum absolute atomic E-state index is 13.4. The summed E-state index contributed by atoms with van der Waals surface area (Å²) in [5.41, 5.74) is 3.55. The number of hydrogen-bond acceptors (Lipinski definition) is 4. The molecule has 0 radical (unpaired) electrons. The lowest BCUT2D eigenvalue weighted by atomic mass is 10.0. The zero-order chi connectivity index (χ0) is 19.9. The molecule has 2 aromatic carbocycles. The predicted molar refractivity (Wildman–Crippen MR) is 115 cm³/mol. The number of fused-ring (bicyclic) bond motifs is 1. The van der Waals surface area contributed by atoms with Gasteiger partial charge in [-0.25, -0.2) is 0 Å². The Morgan fingerprint density at radius 1 is 0.964 bits per heavy atom. The molecule has 5 heteroatoms. The van der Waals surface area contributed by atoms with Crippen LogP contribution < -0.4 is 0 Å². The number of nitrogens with zero attached hydrogens (tertiary/aromatic N) is 1. The third-order valence-corrected chi connectivity index (χ3v) is 6.01. The van der Waals surface area contributed by atoms with Gasteiger partial charge < -0.3 is 14.4 Å². The minimum Gasteiger partial charge on any atom is -0.383 e.